The number of aryl methyl sites for hydroxylation is 1. The third-order valence-corrected chi connectivity index (χ3v) is 4.06. The van der Waals surface area contributed by atoms with Gasteiger partial charge < -0.3 is 15.2 Å². The molecule has 22 heavy (non-hydrogen) atoms. The van der Waals surface area contributed by atoms with Crippen molar-refractivity contribution in [2.24, 2.45) is 10.9 Å². The summed E-state index contributed by atoms with van der Waals surface area (Å²) in [5, 5.41) is 10.7. The van der Waals surface area contributed by atoms with Gasteiger partial charge in [0.2, 0.25) is 5.89 Å². The lowest BCUT2D eigenvalue weighted by molar-refractivity contribution is 0.304. The standard InChI is InChI=1S/C15H27N5O.HI/c1-4-12-6-8-13(9-7-12)19-15(16-5-2)17-10-14-18-11(3)21-20-14;/h12-13H,4-10H2,1-3H3,(H2,16,17,19);1H. The van der Waals surface area contributed by atoms with Crippen molar-refractivity contribution < 1.29 is 4.52 Å². The fraction of sp³-hybridized carbons (Fsp3) is 0.800. The van der Waals surface area contributed by atoms with E-state index in [4.69, 9.17) is 4.52 Å². The van der Waals surface area contributed by atoms with Gasteiger partial charge in [-0.15, -0.1) is 24.0 Å². The molecule has 0 unspecified atom stereocenters. The molecule has 1 saturated carbocycles. The zero-order chi connectivity index (χ0) is 15.1. The summed E-state index contributed by atoms with van der Waals surface area (Å²) >= 11 is 0. The number of hydrogen-bond acceptors (Lipinski definition) is 4. The fourth-order valence-electron chi connectivity index (χ4n) is 2.78. The first-order chi connectivity index (χ1) is 10.2. The number of nitrogens with zero attached hydrogens (tertiary/aromatic N) is 3. The monoisotopic (exact) mass is 421 g/mol. The number of guanidine groups is 1. The Bertz CT molecular complexity index is 455. The molecule has 126 valence electrons. The van der Waals surface area contributed by atoms with Crippen LogP contribution in [-0.4, -0.2) is 28.7 Å². The van der Waals surface area contributed by atoms with Gasteiger partial charge in [-0.1, -0.05) is 18.5 Å². The maximum Gasteiger partial charge on any atom is 0.223 e. The van der Waals surface area contributed by atoms with E-state index in [0.29, 0.717) is 24.3 Å². The molecule has 0 spiro atoms. The van der Waals surface area contributed by atoms with Gasteiger partial charge in [0.1, 0.15) is 6.54 Å². The summed E-state index contributed by atoms with van der Waals surface area (Å²) in [5.41, 5.74) is 0. The summed E-state index contributed by atoms with van der Waals surface area (Å²) < 4.78 is 4.96. The van der Waals surface area contributed by atoms with Gasteiger partial charge in [0.15, 0.2) is 11.8 Å². The van der Waals surface area contributed by atoms with Crippen LogP contribution in [0, 0.1) is 12.8 Å². The molecule has 1 aliphatic rings. The minimum absolute atomic E-state index is 0. The van der Waals surface area contributed by atoms with E-state index >= 15 is 0 Å². The van der Waals surface area contributed by atoms with Crippen LogP contribution in [-0.2, 0) is 6.54 Å². The van der Waals surface area contributed by atoms with Crippen LogP contribution in [0.5, 0.6) is 0 Å². The third-order valence-electron chi connectivity index (χ3n) is 4.06. The van der Waals surface area contributed by atoms with E-state index in [-0.39, 0.29) is 24.0 Å². The molecule has 0 amide bonds. The van der Waals surface area contributed by atoms with Crippen LogP contribution < -0.4 is 10.6 Å². The SMILES string of the molecule is CCNC(=NCc1noc(C)n1)NC1CCC(CC)CC1.I. The zero-order valence-electron chi connectivity index (χ0n) is 13.8. The summed E-state index contributed by atoms with van der Waals surface area (Å²) in [6, 6.07) is 0.526. The van der Waals surface area contributed by atoms with Crippen LogP contribution in [0.1, 0.15) is 57.7 Å². The highest BCUT2D eigenvalue weighted by atomic mass is 127. The quantitative estimate of drug-likeness (QED) is 0.434. The molecule has 7 heteroatoms. The average molecular weight is 421 g/mol. The summed E-state index contributed by atoms with van der Waals surface area (Å²) in [4.78, 5) is 8.71. The van der Waals surface area contributed by atoms with E-state index in [2.05, 4.69) is 39.6 Å². The van der Waals surface area contributed by atoms with Gasteiger partial charge in [-0.25, -0.2) is 4.99 Å². The number of aliphatic imine (C=N–C) groups is 1. The van der Waals surface area contributed by atoms with Crippen LogP contribution >= 0.6 is 24.0 Å². The normalized spacial score (nSPS) is 22.0. The number of rotatable bonds is 5. The Balaban J connectivity index is 0.00000242. The highest BCUT2D eigenvalue weighted by molar-refractivity contribution is 14.0. The summed E-state index contributed by atoms with van der Waals surface area (Å²) in [6.07, 6.45) is 6.39. The number of nitrogens with one attached hydrogen (secondary N) is 2. The number of halogens is 1. The van der Waals surface area contributed by atoms with Gasteiger partial charge in [0.25, 0.3) is 0 Å². The van der Waals surface area contributed by atoms with Crippen LogP contribution in [0.2, 0.25) is 0 Å². The van der Waals surface area contributed by atoms with Gasteiger partial charge in [0.05, 0.1) is 0 Å². The Hall–Kier alpha value is -0.860. The molecule has 1 aromatic rings. The van der Waals surface area contributed by atoms with Gasteiger partial charge in [-0.2, -0.15) is 4.98 Å². The molecule has 0 aromatic carbocycles. The predicted molar refractivity (Wildman–Crippen MR) is 98.4 cm³/mol. The second kappa shape index (κ2) is 10.0. The first-order valence-electron chi connectivity index (χ1n) is 8.05. The Morgan fingerprint density at radius 2 is 2.00 bits per heavy atom. The topological polar surface area (TPSA) is 75.3 Å². The first kappa shape index (κ1) is 19.2. The molecule has 0 atom stereocenters. The van der Waals surface area contributed by atoms with Crippen molar-refractivity contribution in [2.45, 2.75) is 65.5 Å². The van der Waals surface area contributed by atoms with Crippen LogP contribution in [0.3, 0.4) is 0 Å². The van der Waals surface area contributed by atoms with Crippen molar-refractivity contribution in [2.75, 3.05) is 6.54 Å². The van der Waals surface area contributed by atoms with Gasteiger partial charge in [-0.3, -0.25) is 0 Å². The maximum absolute atomic E-state index is 4.96. The summed E-state index contributed by atoms with van der Waals surface area (Å²) in [7, 11) is 0. The number of hydrogen-bond donors (Lipinski definition) is 2. The predicted octanol–water partition coefficient (Wildman–Crippen LogP) is 3.02. The molecule has 1 aliphatic carbocycles. The van der Waals surface area contributed by atoms with E-state index < -0.39 is 0 Å². The van der Waals surface area contributed by atoms with Crippen LogP contribution in [0.15, 0.2) is 9.52 Å². The molecule has 1 heterocycles. The molecule has 0 radical (unpaired) electrons. The zero-order valence-corrected chi connectivity index (χ0v) is 16.1. The minimum atomic E-state index is 0. The van der Waals surface area contributed by atoms with E-state index in [9.17, 15) is 0 Å². The van der Waals surface area contributed by atoms with Crippen molar-refractivity contribution in [1.29, 1.82) is 0 Å². The highest BCUT2D eigenvalue weighted by Crippen LogP contribution is 2.26. The van der Waals surface area contributed by atoms with Crippen molar-refractivity contribution in [3.63, 3.8) is 0 Å². The fourth-order valence-corrected chi connectivity index (χ4v) is 2.78. The van der Waals surface area contributed by atoms with E-state index in [0.717, 1.165) is 18.4 Å². The van der Waals surface area contributed by atoms with Crippen LogP contribution in [0.25, 0.3) is 0 Å². The lowest BCUT2D eigenvalue weighted by Gasteiger charge is -2.29. The molecule has 0 bridgehead atoms. The Morgan fingerprint density at radius 1 is 1.27 bits per heavy atom. The number of aromatic nitrogens is 2. The van der Waals surface area contributed by atoms with Crippen molar-refractivity contribution in [3.8, 4) is 0 Å². The van der Waals surface area contributed by atoms with Gasteiger partial charge in [-0.05, 0) is 38.5 Å². The van der Waals surface area contributed by atoms with Crippen molar-refractivity contribution in [3.05, 3.63) is 11.7 Å². The first-order valence-corrected chi connectivity index (χ1v) is 8.05. The molecule has 1 fully saturated rings. The third kappa shape index (κ3) is 6.10. The van der Waals surface area contributed by atoms with Crippen molar-refractivity contribution >= 4 is 29.9 Å². The molecule has 2 rings (SSSR count). The minimum Gasteiger partial charge on any atom is -0.357 e. The Labute approximate surface area is 149 Å². The maximum atomic E-state index is 4.96. The molecule has 0 aliphatic heterocycles. The summed E-state index contributed by atoms with van der Waals surface area (Å²) in [6.45, 7) is 7.44. The highest BCUT2D eigenvalue weighted by Gasteiger charge is 2.20. The smallest absolute Gasteiger partial charge is 0.223 e. The second-order valence-corrected chi connectivity index (χ2v) is 5.70. The largest absolute Gasteiger partial charge is 0.357 e. The molecule has 0 saturated heterocycles. The van der Waals surface area contributed by atoms with E-state index in [1.54, 1.807) is 6.92 Å². The van der Waals surface area contributed by atoms with Gasteiger partial charge in [0, 0.05) is 19.5 Å². The molecular formula is C15H28IN5O. The van der Waals surface area contributed by atoms with Crippen LogP contribution in [0.4, 0.5) is 0 Å². The Kier molecular flexibility index (Phi) is 8.74. The van der Waals surface area contributed by atoms with Crippen molar-refractivity contribution in [1.82, 2.24) is 20.8 Å². The van der Waals surface area contributed by atoms with E-state index in [1.807, 2.05) is 0 Å². The molecule has 2 N–H and O–H groups in total. The summed E-state index contributed by atoms with van der Waals surface area (Å²) in [5.74, 6) is 2.96. The lowest BCUT2D eigenvalue weighted by Crippen LogP contribution is -2.44. The second-order valence-electron chi connectivity index (χ2n) is 5.70. The Morgan fingerprint density at radius 3 is 2.55 bits per heavy atom. The lowest BCUT2D eigenvalue weighted by atomic mass is 9.84. The molecular weight excluding hydrogens is 393 g/mol. The van der Waals surface area contributed by atoms with Gasteiger partial charge >= 0.3 is 0 Å². The molecule has 6 nitrogen and oxygen atoms in total. The average Bonchev–Trinajstić information content (AvgIpc) is 2.91. The molecule has 1 aromatic heterocycles. The van der Waals surface area contributed by atoms with E-state index in [1.165, 1.54) is 32.1 Å².